The van der Waals surface area contributed by atoms with Crippen molar-refractivity contribution in [2.75, 3.05) is 71.7 Å². The number of hydrogen-bond acceptors (Lipinski definition) is 12. The van der Waals surface area contributed by atoms with E-state index in [1.807, 2.05) is 24.8 Å². The van der Waals surface area contributed by atoms with Crippen LogP contribution in [0.1, 0.15) is 136 Å². The Bertz CT molecular complexity index is 2960. The molecule has 2 aromatic carbocycles. The first-order valence-corrected chi connectivity index (χ1v) is 30.0. The van der Waals surface area contributed by atoms with Crippen molar-refractivity contribution in [2.24, 2.45) is 0 Å². The number of nitrogens with zero attached hydrogens (tertiary/aromatic N) is 7. The summed E-state index contributed by atoms with van der Waals surface area (Å²) in [5.74, 6) is -1.60. The van der Waals surface area contributed by atoms with Crippen LogP contribution in [0.2, 0.25) is 0 Å². The maximum atomic E-state index is 14.4. The number of carbonyl (C=O) groups is 4. The lowest BCUT2D eigenvalue weighted by atomic mass is 9.90. The fourth-order valence-corrected chi connectivity index (χ4v) is 14.7. The van der Waals surface area contributed by atoms with E-state index < -0.39 is 26.0 Å². The Kier molecular flexibility index (Phi) is 17.3. The highest BCUT2D eigenvalue weighted by Crippen LogP contribution is 2.40. The average Bonchev–Trinajstić information content (AvgIpc) is 3.90. The topological polar surface area (TPSA) is 201 Å². The summed E-state index contributed by atoms with van der Waals surface area (Å²) in [5.41, 5.74) is 5.28. The maximum absolute atomic E-state index is 14.4. The highest BCUT2D eigenvalue weighted by molar-refractivity contribution is 7.90. The molecule has 1 unspecified atom stereocenters. The zero-order chi connectivity index (χ0) is 53.2. The van der Waals surface area contributed by atoms with Gasteiger partial charge in [-0.2, -0.15) is 0 Å². The summed E-state index contributed by atoms with van der Waals surface area (Å²) in [7, 11) is -4.03. The Morgan fingerprint density at radius 3 is 1.72 bits per heavy atom. The Morgan fingerprint density at radius 1 is 0.703 bits per heavy atom. The van der Waals surface area contributed by atoms with Crippen LogP contribution in [-0.4, -0.2) is 180 Å². The molecule has 8 rings (SSSR count). The lowest BCUT2D eigenvalue weighted by Crippen LogP contribution is -2.52. The third-order valence-corrected chi connectivity index (χ3v) is 19.5. The van der Waals surface area contributed by atoms with Gasteiger partial charge in [0.25, 0.3) is 11.8 Å². The predicted octanol–water partition coefficient (Wildman–Crippen LogP) is 5.94. The van der Waals surface area contributed by atoms with Gasteiger partial charge in [0.15, 0.2) is 0 Å². The number of hydrogen-bond donors (Lipinski definition) is 1. The molecule has 406 valence electrons. The van der Waals surface area contributed by atoms with Crippen molar-refractivity contribution in [2.45, 2.75) is 149 Å². The van der Waals surface area contributed by atoms with E-state index in [9.17, 15) is 36.0 Å². The van der Waals surface area contributed by atoms with Crippen LogP contribution in [0.4, 0.5) is 0 Å². The van der Waals surface area contributed by atoms with Crippen LogP contribution in [0.25, 0.3) is 21.8 Å². The number of benzene rings is 2. The van der Waals surface area contributed by atoms with Crippen LogP contribution >= 0.6 is 0 Å². The highest BCUT2D eigenvalue weighted by Gasteiger charge is 2.40. The van der Waals surface area contributed by atoms with Crippen LogP contribution in [-0.2, 0) is 65.0 Å². The number of rotatable bonds is 20. The Labute approximate surface area is 437 Å². The SMILES string of the molecule is CCS(=O)(=O)n1c2c(c3cc(C(=O)N(C)CCCC(=O)N(C(C)C)[C@@H](C)CC4Cc5c(c6cc(C(=O)N(C)CCCC(=O)O)ccc6n5S(=O)(=O)CC)CN4C4CCOCC4)ccc31)CN(C1CCOCC1)CC2. The van der Waals surface area contributed by atoms with E-state index in [1.54, 1.807) is 63.2 Å². The molecule has 4 aliphatic rings. The molecule has 2 aromatic heterocycles. The molecular formula is C54H77N7O11S2. The van der Waals surface area contributed by atoms with E-state index in [0.29, 0.717) is 117 Å². The Morgan fingerprint density at radius 2 is 1.20 bits per heavy atom. The van der Waals surface area contributed by atoms with Gasteiger partial charge in [0.1, 0.15) is 0 Å². The normalized spacial score (nSPS) is 18.9. The van der Waals surface area contributed by atoms with Crippen LogP contribution in [0.5, 0.6) is 0 Å². The standard InChI is InChI=1S/C54H77N7O11S2/c1-8-73(67,68)60-47-16-14-38(31-43(47)45-34-57(25-18-49(45)60)40-19-26-71-27-20-40)53(65)55(6)23-10-12-51(62)59(36(3)4)37(5)30-42-33-50-46(35-58(42)41-21-28-72-29-22-41)44-32-39(54(66)56(7)24-11-13-52(63)64)15-17-48(44)61(50)74(69,70)9-2/h14-17,31-32,36-37,40-42H,8-13,18-30,33-35H2,1-7H3,(H,63,64)/t37-,42?/m0/s1. The molecule has 0 saturated carbocycles. The fraction of sp³-hybridized carbons (Fsp3) is 0.630. The molecule has 2 fully saturated rings. The zero-order valence-corrected chi connectivity index (χ0v) is 46.0. The molecule has 1 N–H and O–H groups in total. The van der Waals surface area contributed by atoms with Crippen LogP contribution < -0.4 is 0 Å². The number of carboxylic acid groups (broad SMARTS) is 1. The van der Waals surface area contributed by atoms with E-state index >= 15 is 0 Å². The van der Waals surface area contributed by atoms with Crippen molar-refractivity contribution in [1.29, 1.82) is 0 Å². The molecule has 2 saturated heterocycles. The molecule has 18 nitrogen and oxygen atoms in total. The lowest BCUT2D eigenvalue weighted by molar-refractivity contribution is -0.137. The maximum Gasteiger partial charge on any atom is 0.303 e. The van der Waals surface area contributed by atoms with Gasteiger partial charge >= 0.3 is 5.97 Å². The minimum Gasteiger partial charge on any atom is -0.481 e. The molecule has 6 heterocycles. The number of fused-ring (bicyclic) bond motifs is 6. The van der Waals surface area contributed by atoms with Crippen LogP contribution in [0, 0.1) is 0 Å². The van der Waals surface area contributed by atoms with Gasteiger partial charge in [0.05, 0.1) is 22.5 Å². The van der Waals surface area contributed by atoms with Crippen LogP contribution in [0.15, 0.2) is 36.4 Å². The summed E-state index contributed by atoms with van der Waals surface area (Å²) >= 11 is 0. The first-order chi connectivity index (χ1) is 35.3. The number of carboxylic acids is 1. The molecule has 0 spiro atoms. The smallest absolute Gasteiger partial charge is 0.303 e. The first-order valence-electron chi connectivity index (χ1n) is 26.7. The van der Waals surface area contributed by atoms with Gasteiger partial charge in [-0.25, -0.2) is 24.8 Å². The highest BCUT2D eigenvalue weighted by atomic mass is 32.2. The van der Waals surface area contributed by atoms with Gasteiger partial charge in [0.2, 0.25) is 26.0 Å². The predicted molar refractivity (Wildman–Crippen MR) is 285 cm³/mol. The van der Waals surface area contributed by atoms with Crippen molar-refractivity contribution in [3.8, 4) is 0 Å². The van der Waals surface area contributed by atoms with Crippen molar-refractivity contribution in [1.82, 2.24) is 32.4 Å². The number of aliphatic carboxylic acids is 1. The summed E-state index contributed by atoms with van der Waals surface area (Å²) in [6.07, 6.45) is 5.94. The number of ether oxygens (including phenoxy) is 2. The second-order valence-electron chi connectivity index (χ2n) is 21.1. The molecule has 20 heteroatoms. The number of aromatic nitrogens is 2. The van der Waals surface area contributed by atoms with Gasteiger partial charge in [-0.05, 0) is 127 Å². The number of carbonyl (C=O) groups excluding carboxylic acids is 3. The third kappa shape index (κ3) is 11.5. The largest absolute Gasteiger partial charge is 0.481 e. The van der Waals surface area contributed by atoms with Gasteiger partial charge in [-0.1, -0.05) is 0 Å². The minimum absolute atomic E-state index is 0.0316. The van der Waals surface area contributed by atoms with Crippen molar-refractivity contribution < 1.29 is 50.6 Å². The second-order valence-corrected chi connectivity index (χ2v) is 25.3. The summed E-state index contributed by atoms with van der Waals surface area (Å²) in [5, 5.41) is 10.6. The quantitative estimate of drug-likeness (QED) is 0.109. The van der Waals surface area contributed by atoms with Gasteiger partial charge < -0.3 is 29.3 Å². The van der Waals surface area contributed by atoms with E-state index in [1.165, 1.54) is 12.8 Å². The van der Waals surface area contributed by atoms with E-state index in [0.717, 1.165) is 54.4 Å². The molecule has 4 aromatic rings. The monoisotopic (exact) mass is 1060 g/mol. The summed E-state index contributed by atoms with van der Waals surface area (Å²) in [6.45, 7) is 14.4. The molecular weight excluding hydrogens is 987 g/mol. The third-order valence-electron chi connectivity index (χ3n) is 16.0. The summed E-state index contributed by atoms with van der Waals surface area (Å²) in [6, 6.07) is 10.5. The van der Waals surface area contributed by atoms with E-state index in [2.05, 4.69) is 16.7 Å². The minimum atomic E-state index is -3.79. The van der Waals surface area contributed by atoms with Crippen molar-refractivity contribution in [3.63, 3.8) is 0 Å². The molecule has 4 aliphatic heterocycles. The second kappa shape index (κ2) is 23.2. The number of amides is 3. The molecule has 3 amide bonds. The molecule has 0 bridgehead atoms. The molecule has 2 atom stereocenters. The average molecular weight is 1060 g/mol. The molecule has 0 aliphatic carbocycles. The van der Waals surface area contributed by atoms with Crippen molar-refractivity contribution in [3.05, 3.63) is 70.0 Å². The fourth-order valence-electron chi connectivity index (χ4n) is 12.2. The molecule has 0 radical (unpaired) electrons. The Hall–Kier alpha value is -4.86. The zero-order valence-electron chi connectivity index (χ0n) is 44.4. The summed E-state index contributed by atoms with van der Waals surface area (Å²) in [4.78, 5) is 63.2. The Balaban J connectivity index is 0.985. The van der Waals surface area contributed by atoms with E-state index in [-0.39, 0.29) is 72.8 Å². The van der Waals surface area contributed by atoms with Gasteiger partial charge in [-0.3, -0.25) is 29.0 Å². The molecule has 74 heavy (non-hydrogen) atoms. The van der Waals surface area contributed by atoms with Gasteiger partial charge in [0, 0.05) is 162 Å². The summed E-state index contributed by atoms with van der Waals surface area (Å²) < 4.78 is 69.5. The van der Waals surface area contributed by atoms with Crippen LogP contribution in [0.3, 0.4) is 0 Å². The van der Waals surface area contributed by atoms with Gasteiger partial charge in [-0.15, -0.1) is 0 Å². The van der Waals surface area contributed by atoms with Crippen molar-refractivity contribution >= 4 is 65.5 Å². The lowest BCUT2D eigenvalue weighted by Gasteiger charge is -2.45. The first kappa shape index (κ1) is 55.4. The van der Waals surface area contributed by atoms with E-state index in [4.69, 9.17) is 14.6 Å².